The minimum atomic E-state index is -5.62. The quantitative estimate of drug-likeness (QED) is 0.587. The predicted octanol–water partition coefficient (Wildman–Crippen LogP) is 1.56. The van der Waals surface area contributed by atoms with E-state index in [9.17, 15) is 22.0 Å². The summed E-state index contributed by atoms with van der Waals surface area (Å²) in [4.78, 5) is 0. The highest BCUT2D eigenvalue weighted by molar-refractivity contribution is 4.81. The molecule has 0 radical (unpaired) electrons. The summed E-state index contributed by atoms with van der Waals surface area (Å²) in [5.74, 6) is -4.93. The Balaban J connectivity index is 2.69. The molecule has 2 nitrogen and oxygen atoms in total. The molecule has 0 aromatic carbocycles. The Morgan fingerprint density at radius 2 is 1.33 bits per heavy atom. The van der Waals surface area contributed by atoms with Crippen LogP contribution in [0.3, 0.4) is 0 Å². The van der Waals surface area contributed by atoms with Gasteiger partial charge in [-0.1, -0.05) is 0 Å². The van der Waals surface area contributed by atoms with Crippen molar-refractivity contribution in [3.63, 3.8) is 0 Å². The molecule has 0 N–H and O–H groups in total. The van der Waals surface area contributed by atoms with Crippen LogP contribution in [0.1, 0.15) is 0 Å². The van der Waals surface area contributed by atoms with E-state index >= 15 is 0 Å². The smallest absolute Gasteiger partial charge is 0.345 e. The largest absolute Gasteiger partial charge is 0.458 e. The first kappa shape index (κ1) is 9.66. The van der Waals surface area contributed by atoms with Crippen LogP contribution < -0.4 is 0 Å². The molecule has 0 bridgehead atoms. The third kappa shape index (κ3) is 1.51. The number of alkyl halides is 5. The second-order valence-electron chi connectivity index (χ2n) is 2.19. The fourth-order valence-electron chi connectivity index (χ4n) is 0.701. The van der Waals surface area contributed by atoms with Gasteiger partial charge in [0.05, 0.1) is 13.2 Å². The van der Waals surface area contributed by atoms with Crippen molar-refractivity contribution >= 4 is 0 Å². The number of rotatable bonds is 1. The SMILES string of the molecule is FC(F)(F)C(F)(F)C1OCCO1. The summed E-state index contributed by atoms with van der Waals surface area (Å²) < 4.78 is 67.4. The fraction of sp³-hybridized carbons (Fsp3) is 1.00. The molecular weight excluding hydrogens is 187 g/mol. The number of ether oxygens (including phenoxy) is 2. The summed E-state index contributed by atoms with van der Waals surface area (Å²) in [5, 5.41) is 0. The molecule has 0 amide bonds. The van der Waals surface area contributed by atoms with E-state index in [1.54, 1.807) is 0 Å². The monoisotopic (exact) mass is 192 g/mol. The van der Waals surface area contributed by atoms with Gasteiger partial charge in [-0.2, -0.15) is 22.0 Å². The Morgan fingerprint density at radius 1 is 0.917 bits per heavy atom. The second-order valence-corrected chi connectivity index (χ2v) is 2.19. The summed E-state index contributed by atoms with van der Waals surface area (Å²) in [5.41, 5.74) is 0. The Hall–Kier alpha value is -0.430. The molecular formula is C5H5F5O2. The third-order valence-electron chi connectivity index (χ3n) is 1.30. The topological polar surface area (TPSA) is 18.5 Å². The summed E-state index contributed by atoms with van der Waals surface area (Å²) in [6.45, 7) is -0.479. The molecule has 0 aliphatic carbocycles. The third-order valence-corrected chi connectivity index (χ3v) is 1.30. The van der Waals surface area contributed by atoms with Gasteiger partial charge in [0.25, 0.3) is 0 Å². The van der Waals surface area contributed by atoms with Gasteiger partial charge in [0.1, 0.15) is 0 Å². The lowest BCUT2D eigenvalue weighted by atomic mass is 10.3. The van der Waals surface area contributed by atoms with Crippen molar-refractivity contribution in [1.29, 1.82) is 0 Å². The highest BCUT2D eigenvalue weighted by atomic mass is 19.4. The molecule has 72 valence electrons. The van der Waals surface area contributed by atoms with Crippen molar-refractivity contribution in [3.05, 3.63) is 0 Å². The standard InChI is InChI=1S/C5H5F5O2/c6-4(7,5(8,9)10)3-11-1-2-12-3/h3H,1-2H2. The predicted molar refractivity (Wildman–Crippen MR) is 26.7 cm³/mol. The van der Waals surface area contributed by atoms with Crippen LogP contribution in [-0.2, 0) is 9.47 Å². The summed E-state index contributed by atoms with van der Waals surface area (Å²) >= 11 is 0. The van der Waals surface area contributed by atoms with Crippen LogP contribution in [0.25, 0.3) is 0 Å². The van der Waals surface area contributed by atoms with Gasteiger partial charge in [-0.3, -0.25) is 0 Å². The van der Waals surface area contributed by atoms with E-state index in [0.29, 0.717) is 0 Å². The first-order valence-electron chi connectivity index (χ1n) is 3.03. The van der Waals surface area contributed by atoms with Crippen molar-refractivity contribution < 1.29 is 31.4 Å². The van der Waals surface area contributed by atoms with Gasteiger partial charge in [-0.15, -0.1) is 0 Å². The van der Waals surface area contributed by atoms with Crippen molar-refractivity contribution in [2.45, 2.75) is 18.4 Å². The van der Waals surface area contributed by atoms with Crippen molar-refractivity contribution in [2.75, 3.05) is 13.2 Å². The van der Waals surface area contributed by atoms with Crippen LogP contribution in [0, 0.1) is 0 Å². The van der Waals surface area contributed by atoms with Gasteiger partial charge in [-0.25, -0.2) is 0 Å². The minimum Gasteiger partial charge on any atom is -0.345 e. The van der Waals surface area contributed by atoms with Crippen molar-refractivity contribution in [3.8, 4) is 0 Å². The molecule has 0 atom stereocenters. The molecule has 1 aliphatic rings. The fourth-order valence-corrected chi connectivity index (χ4v) is 0.701. The van der Waals surface area contributed by atoms with E-state index in [2.05, 4.69) is 9.47 Å². The lowest BCUT2D eigenvalue weighted by Gasteiger charge is -2.23. The van der Waals surface area contributed by atoms with Gasteiger partial charge in [-0.05, 0) is 0 Å². The molecule has 0 unspecified atom stereocenters. The Morgan fingerprint density at radius 3 is 1.67 bits per heavy atom. The molecule has 1 saturated heterocycles. The van der Waals surface area contributed by atoms with Gasteiger partial charge in [0, 0.05) is 0 Å². The van der Waals surface area contributed by atoms with Crippen LogP contribution in [0.2, 0.25) is 0 Å². The molecule has 7 heteroatoms. The van der Waals surface area contributed by atoms with Gasteiger partial charge in [0.15, 0.2) is 0 Å². The average Bonchev–Trinajstić information content (AvgIpc) is 2.34. The first-order chi connectivity index (χ1) is 5.36. The first-order valence-corrected chi connectivity index (χ1v) is 3.03. The van der Waals surface area contributed by atoms with Crippen LogP contribution in [0.4, 0.5) is 22.0 Å². The molecule has 1 aliphatic heterocycles. The maximum Gasteiger partial charge on any atom is 0.458 e. The normalized spacial score (nSPS) is 21.8. The zero-order valence-electron chi connectivity index (χ0n) is 5.70. The van der Waals surface area contributed by atoms with Gasteiger partial charge < -0.3 is 9.47 Å². The molecule has 12 heavy (non-hydrogen) atoms. The molecule has 1 rings (SSSR count). The Kier molecular flexibility index (Phi) is 2.26. The zero-order valence-corrected chi connectivity index (χ0v) is 5.70. The Labute approximate surface area is 64.2 Å². The van der Waals surface area contributed by atoms with Crippen LogP contribution in [0.15, 0.2) is 0 Å². The van der Waals surface area contributed by atoms with Crippen molar-refractivity contribution in [2.24, 2.45) is 0 Å². The number of hydrogen-bond acceptors (Lipinski definition) is 2. The summed E-state index contributed by atoms with van der Waals surface area (Å²) in [6.07, 6.45) is -8.11. The molecule has 0 aromatic heterocycles. The van der Waals surface area contributed by atoms with Gasteiger partial charge in [0.2, 0.25) is 6.29 Å². The molecule has 0 spiro atoms. The molecule has 1 fully saturated rings. The average molecular weight is 192 g/mol. The highest BCUT2D eigenvalue weighted by Crippen LogP contribution is 2.40. The lowest BCUT2D eigenvalue weighted by molar-refractivity contribution is -0.345. The van der Waals surface area contributed by atoms with E-state index < -0.39 is 18.4 Å². The second kappa shape index (κ2) is 2.81. The van der Waals surface area contributed by atoms with E-state index in [1.807, 2.05) is 0 Å². The number of halogens is 5. The lowest BCUT2D eigenvalue weighted by Crippen LogP contribution is -2.47. The zero-order chi connectivity index (χ0) is 9.41. The van der Waals surface area contributed by atoms with Crippen molar-refractivity contribution in [1.82, 2.24) is 0 Å². The maximum atomic E-state index is 12.3. The minimum absolute atomic E-state index is 0.240. The van der Waals surface area contributed by atoms with Gasteiger partial charge >= 0.3 is 12.1 Å². The maximum absolute atomic E-state index is 12.3. The summed E-state index contributed by atoms with van der Waals surface area (Å²) in [6, 6.07) is 0. The van der Waals surface area contributed by atoms with Crippen LogP contribution >= 0.6 is 0 Å². The van der Waals surface area contributed by atoms with E-state index in [1.165, 1.54) is 0 Å². The summed E-state index contributed by atoms with van der Waals surface area (Å²) in [7, 11) is 0. The molecule has 0 aromatic rings. The van der Waals surface area contributed by atoms with E-state index in [-0.39, 0.29) is 13.2 Å². The molecule has 1 heterocycles. The van der Waals surface area contributed by atoms with E-state index in [4.69, 9.17) is 0 Å². The molecule has 0 saturated carbocycles. The highest BCUT2D eigenvalue weighted by Gasteiger charge is 2.65. The van der Waals surface area contributed by atoms with E-state index in [0.717, 1.165) is 0 Å². The Bertz CT molecular complexity index is 160. The van der Waals surface area contributed by atoms with Crippen LogP contribution in [-0.4, -0.2) is 31.6 Å². The van der Waals surface area contributed by atoms with Crippen LogP contribution in [0.5, 0.6) is 0 Å². The number of hydrogen-bond donors (Lipinski definition) is 0.